The predicted molar refractivity (Wildman–Crippen MR) is 121 cm³/mol. The summed E-state index contributed by atoms with van der Waals surface area (Å²) < 4.78 is 0.870. The Balaban J connectivity index is 1.65. The highest BCUT2D eigenvalue weighted by molar-refractivity contribution is 9.10. The third-order valence-electron chi connectivity index (χ3n) is 7.04. The van der Waals surface area contributed by atoms with E-state index in [0.717, 1.165) is 9.35 Å². The Kier molecular flexibility index (Phi) is 5.18. The van der Waals surface area contributed by atoms with Gasteiger partial charge < -0.3 is 4.90 Å². The van der Waals surface area contributed by atoms with Crippen molar-refractivity contribution in [1.82, 2.24) is 4.90 Å². The van der Waals surface area contributed by atoms with Gasteiger partial charge in [-0.05, 0) is 46.5 Å². The summed E-state index contributed by atoms with van der Waals surface area (Å²) >= 11 is 4.93. The minimum Gasteiger partial charge on any atom is -0.325 e. The SMILES string of the molecule is CC1(C)C(C(=O)N(Cc2cccs2)C2CC(=O)N(c3ccc(Br)cc3)C2=O)C1(C)C. The van der Waals surface area contributed by atoms with Gasteiger partial charge in [-0.2, -0.15) is 0 Å². The molecular formula is C23H25BrN2O3S. The van der Waals surface area contributed by atoms with E-state index >= 15 is 0 Å². The first kappa shape index (κ1) is 21.2. The largest absolute Gasteiger partial charge is 0.325 e. The van der Waals surface area contributed by atoms with Gasteiger partial charge in [-0.1, -0.05) is 49.7 Å². The molecule has 1 aromatic heterocycles. The predicted octanol–water partition coefficient (Wildman–Crippen LogP) is 4.85. The molecule has 0 bridgehead atoms. The molecule has 7 heteroatoms. The van der Waals surface area contributed by atoms with Gasteiger partial charge in [-0.15, -0.1) is 11.3 Å². The number of anilines is 1. The van der Waals surface area contributed by atoms with Gasteiger partial charge in [0.25, 0.3) is 5.91 Å². The minimum absolute atomic E-state index is 0.0135. The van der Waals surface area contributed by atoms with Crippen molar-refractivity contribution in [2.24, 2.45) is 16.7 Å². The Morgan fingerprint density at radius 1 is 1.13 bits per heavy atom. The molecule has 1 aromatic carbocycles. The van der Waals surface area contributed by atoms with Crippen LogP contribution >= 0.6 is 27.3 Å². The van der Waals surface area contributed by atoms with Crippen molar-refractivity contribution in [1.29, 1.82) is 0 Å². The summed E-state index contributed by atoms with van der Waals surface area (Å²) in [5.41, 5.74) is 0.246. The lowest BCUT2D eigenvalue weighted by Gasteiger charge is -2.28. The molecular weight excluding hydrogens is 464 g/mol. The summed E-state index contributed by atoms with van der Waals surface area (Å²) in [6, 6.07) is 10.2. The van der Waals surface area contributed by atoms with E-state index in [2.05, 4.69) is 43.6 Å². The fraction of sp³-hybridized carbons (Fsp3) is 0.435. The Morgan fingerprint density at radius 2 is 1.77 bits per heavy atom. The Bertz CT molecular complexity index is 984. The van der Waals surface area contributed by atoms with Gasteiger partial charge in [0.05, 0.1) is 18.7 Å². The molecule has 0 spiro atoms. The van der Waals surface area contributed by atoms with Crippen LogP contribution in [-0.4, -0.2) is 28.7 Å². The zero-order valence-electron chi connectivity index (χ0n) is 17.5. The highest BCUT2D eigenvalue weighted by Crippen LogP contribution is 2.69. The van der Waals surface area contributed by atoms with E-state index in [-0.39, 0.29) is 40.9 Å². The number of halogens is 1. The van der Waals surface area contributed by atoms with E-state index in [4.69, 9.17) is 0 Å². The topological polar surface area (TPSA) is 57.7 Å². The van der Waals surface area contributed by atoms with Crippen molar-refractivity contribution in [2.45, 2.75) is 46.7 Å². The van der Waals surface area contributed by atoms with Crippen molar-refractivity contribution < 1.29 is 14.4 Å². The summed E-state index contributed by atoms with van der Waals surface area (Å²) in [6.45, 7) is 8.71. The number of carbonyl (C=O) groups excluding carboxylic acids is 3. The maximum absolute atomic E-state index is 13.6. The van der Waals surface area contributed by atoms with Crippen LogP contribution in [0.15, 0.2) is 46.3 Å². The molecule has 2 heterocycles. The highest BCUT2D eigenvalue weighted by Gasteiger charge is 2.69. The van der Waals surface area contributed by atoms with E-state index in [1.807, 2.05) is 17.5 Å². The summed E-state index contributed by atoms with van der Waals surface area (Å²) in [7, 11) is 0. The Morgan fingerprint density at radius 3 is 2.30 bits per heavy atom. The number of hydrogen-bond acceptors (Lipinski definition) is 4. The number of imide groups is 1. The molecule has 1 aliphatic carbocycles. The molecule has 158 valence electrons. The molecule has 1 unspecified atom stereocenters. The van der Waals surface area contributed by atoms with Gasteiger partial charge >= 0.3 is 0 Å². The smallest absolute Gasteiger partial charge is 0.257 e. The fourth-order valence-electron chi connectivity index (χ4n) is 4.61. The van der Waals surface area contributed by atoms with Crippen LogP contribution in [0, 0.1) is 16.7 Å². The molecule has 1 saturated carbocycles. The second-order valence-corrected chi connectivity index (χ2v) is 11.1. The first-order valence-corrected chi connectivity index (χ1v) is 11.7. The first-order valence-electron chi connectivity index (χ1n) is 10.0. The van der Waals surface area contributed by atoms with Crippen molar-refractivity contribution in [3.63, 3.8) is 0 Å². The number of rotatable bonds is 5. The minimum atomic E-state index is -0.775. The molecule has 0 radical (unpaired) electrons. The van der Waals surface area contributed by atoms with Crippen LogP contribution in [0.3, 0.4) is 0 Å². The second kappa shape index (κ2) is 7.31. The van der Waals surface area contributed by atoms with Crippen LogP contribution in [0.2, 0.25) is 0 Å². The van der Waals surface area contributed by atoms with E-state index in [9.17, 15) is 14.4 Å². The number of nitrogens with zero attached hydrogens (tertiary/aromatic N) is 2. The summed E-state index contributed by atoms with van der Waals surface area (Å²) in [5, 5.41) is 1.96. The third-order valence-corrected chi connectivity index (χ3v) is 8.43. The molecule has 30 heavy (non-hydrogen) atoms. The van der Waals surface area contributed by atoms with Gasteiger partial charge in [-0.3, -0.25) is 14.4 Å². The van der Waals surface area contributed by atoms with Gasteiger partial charge in [0.2, 0.25) is 11.8 Å². The number of thiophene rings is 1. The fourth-order valence-corrected chi connectivity index (χ4v) is 5.58. The highest BCUT2D eigenvalue weighted by atomic mass is 79.9. The van der Waals surface area contributed by atoms with Crippen molar-refractivity contribution in [3.05, 3.63) is 51.1 Å². The molecule has 4 rings (SSSR count). The third kappa shape index (κ3) is 3.32. The lowest BCUT2D eigenvalue weighted by molar-refractivity contribution is -0.141. The molecule has 1 saturated heterocycles. The van der Waals surface area contributed by atoms with Crippen LogP contribution < -0.4 is 4.90 Å². The average molecular weight is 489 g/mol. The maximum Gasteiger partial charge on any atom is 0.257 e. The summed E-state index contributed by atoms with van der Waals surface area (Å²) in [5.74, 6) is -0.814. The van der Waals surface area contributed by atoms with Gasteiger partial charge in [-0.25, -0.2) is 4.90 Å². The number of carbonyl (C=O) groups is 3. The van der Waals surface area contributed by atoms with E-state index in [1.54, 1.807) is 40.5 Å². The zero-order valence-corrected chi connectivity index (χ0v) is 19.9. The molecule has 2 aromatic rings. The van der Waals surface area contributed by atoms with Crippen LogP contribution in [0.1, 0.15) is 39.0 Å². The number of amides is 3. The molecule has 1 aliphatic heterocycles. The number of benzene rings is 1. The molecule has 1 atom stereocenters. The van der Waals surface area contributed by atoms with E-state index in [0.29, 0.717) is 12.2 Å². The Hall–Kier alpha value is -1.99. The van der Waals surface area contributed by atoms with Crippen molar-refractivity contribution in [3.8, 4) is 0 Å². The standard InChI is InChI=1S/C23H25BrN2O3S/c1-22(2)19(23(22,3)4)21(29)25(13-16-6-5-11-30-16)17-12-18(27)26(20(17)28)15-9-7-14(24)8-10-15/h5-11,17,19H,12-13H2,1-4H3. The molecule has 2 aliphatic rings. The molecule has 5 nitrogen and oxygen atoms in total. The normalized spacial score (nSPS) is 22.4. The zero-order chi connectivity index (χ0) is 21.8. The van der Waals surface area contributed by atoms with Crippen LogP contribution in [-0.2, 0) is 20.9 Å². The average Bonchev–Trinajstić information content (AvgIpc) is 3.10. The monoisotopic (exact) mass is 488 g/mol. The van der Waals surface area contributed by atoms with Gasteiger partial charge in [0.1, 0.15) is 6.04 Å². The van der Waals surface area contributed by atoms with Crippen molar-refractivity contribution in [2.75, 3.05) is 4.90 Å². The second-order valence-electron chi connectivity index (χ2n) is 9.19. The number of hydrogen-bond donors (Lipinski definition) is 0. The van der Waals surface area contributed by atoms with Crippen LogP contribution in [0.25, 0.3) is 0 Å². The van der Waals surface area contributed by atoms with E-state index in [1.165, 1.54) is 4.90 Å². The maximum atomic E-state index is 13.6. The van der Waals surface area contributed by atoms with Gasteiger partial charge in [0.15, 0.2) is 0 Å². The summed E-state index contributed by atoms with van der Waals surface area (Å²) in [6.07, 6.45) is 0.0135. The van der Waals surface area contributed by atoms with E-state index < -0.39 is 6.04 Å². The van der Waals surface area contributed by atoms with Gasteiger partial charge in [0, 0.05) is 15.3 Å². The van der Waals surface area contributed by atoms with Crippen LogP contribution in [0.4, 0.5) is 5.69 Å². The lowest BCUT2D eigenvalue weighted by atomic mass is 10.0. The first-order chi connectivity index (χ1) is 14.1. The molecule has 2 fully saturated rings. The van der Waals surface area contributed by atoms with Crippen molar-refractivity contribution >= 4 is 50.7 Å². The molecule has 0 N–H and O–H groups in total. The Labute approximate surface area is 189 Å². The quantitative estimate of drug-likeness (QED) is 0.564. The molecule has 3 amide bonds. The lowest BCUT2D eigenvalue weighted by Crippen LogP contribution is -2.46. The van der Waals surface area contributed by atoms with Crippen LogP contribution in [0.5, 0.6) is 0 Å². The summed E-state index contributed by atoms with van der Waals surface area (Å²) in [4.78, 5) is 43.6.